The van der Waals surface area contributed by atoms with E-state index in [4.69, 9.17) is 5.73 Å². The van der Waals surface area contributed by atoms with E-state index >= 15 is 0 Å². The lowest BCUT2D eigenvalue weighted by Gasteiger charge is -2.06. The van der Waals surface area contributed by atoms with E-state index in [9.17, 15) is 0 Å². The molecule has 76 valence electrons. The van der Waals surface area contributed by atoms with Crippen LogP contribution >= 0.6 is 0 Å². The number of nitrogens with one attached hydrogen (secondary N) is 1. The van der Waals surface area contributed by atoms with Crippen molar-refractivity contribution in [2.45, 2.75) is 6.92 Å². The van der Waals surface area contributed by atoms with E-state index in [0.717, 1.165) is 11.4 Å². The third kappa shape index (κ3) is 2.19. The SMILES string of the molecule is Cc1ccc(Nc2nccnc2N)cn1. The second kappa shape index (κ2) is 3.91. The molecule has 0 saturated heterocycles. The van der Waals surface area contributed by atoms with Gasteiger partial charge in [-0.15, -0.1) is 0 Å². The molecule has 0 fully saturated rings. The second-order valence-corrected chi connectivity index (χ2v) is 3.10. The molecule has 15 heavy (non-hydrogen) atoms. The van der Waals surface area contributed by atoms with Crippen molar-refractivity contribution in [2.24, 2.45) is 0 Å². The Morgan fingerprint density at radius 3 is 2.60 bits per heavy atom. The molecule has 0 aromatic carbocycles. The first kappa shape index (κ1) is 9.39. The van der Waals surface area contributed by atoms with E-state index in [1.165, 1.54) is 0 Å². The number of anilines is 3. The highest BCUT2D eigenvalue weighted by Gasteiger charge is 2.00. The molecule has 0 radical (unpaired) electrons. The summed E-state index contributed by atoms with van der Waals surface area (Å²) in [6, 6.07) is 3.82. The number of aryl methyl sites for hydroxylation is 1. The van der Waals surface area contributed by atoms with Gasteiger partial charge in [0.1, 0.15) is 0 Å². The van der Waals surface area contributed by atoms with E-state index in [2.05, 4.69) is 20.3 Å². The van der Waals surface area contributed by atoms with Gasteiger partial charge < -0.3 is 11.1 Å². The average Bonchev–Trinajstić information content (AvgIpc) is 2.25. The summed E-state index contributed by atoms with van der Waals surface area (Å²) in [5.74, 6) is 0.918. The Hall–Kier alpha value is -2.17. The van der Waals surface area contributed by atoms with Crippen LogP contribution in [0.1, 0.15) is 5.69 Å². The molecule has 2 aromatic heterocycles. The molecule has 0 spiro atoms. The molecule has 0 aliphatic carbocycles. The van der Waals surface area contributed by atoms with Crippen molar-refractivity contribution >= 4 is 17.3 Å². The van der Waals surface area contributed by atoms with Gasteiger partial charge in [0, 0.05) is 18.1 Å². The van der Waals surface area contributed by atoms with Crippen molar-refractivity contribution in [3.8, 4) is 0 Å². The summed E-state index contributed by atoms with van der Waals surface area (Å²) in [7, 11) is 0. The number of hydrogen-bond donors (Lipinski definition) is 2. The van der Waals surface area contributed by atoms with Gasteiger partial charge in [-0.05, 0) is 19.1 Å². The Labute approximate surface area is 87.4 Å². The molecule has 2 aromatic rings. The minimum absolute atomic E-state index is 0.373. The number of nitrogens with two attached hydrogens (primary N) is 1. The molecular weight excluding hydrogens is 190 g/mol. The lowest BCUT2D eigenvalue weighted by Crippen LogP contribution is -2.01. The van der Waals surface area contributed by atoms with Crippen LogP contribution < -0.4 is 11.1 Å². The Morgan fingerprint density at radius 1 is 1.13 bits per heavy atom. The van der Waals surface area contributed by atoms with Crippen LogP contribution in [0.4, 0.5) is 17.3 Å². The Balaban J connectivity index is 2.22. The van der Waals surface area contributed by atoms with Crippen LogP contribution in [0.25, 0.3) is 0 Å². The van der Waals surface area contributed by atoms with Crippen LogP contribution in [0.3, 0.4) is 0 Å². The maximum Gasteiger partial charge on any atom is 0.173 e. The summed E-state index contributed by atoms with van der Waals surface area (Å²) in [5.41, 5.74) is 7.45. The standard InChI is InChI=1S/C10H11N5/c1-7-2-3-8(6-14-7)15-10-9(11)12-4-5-13-10/h2-6H,1H3,(H2,11,12)(H,13,15). The minimum Gasteiger partial charge on any atom is -0.381 e. The lowest BCUT2D eigenvalue weighted by atomic mass is 10.3. The molecule has 2 rings (SSSR count). The summed E-state index contributed by atoms with van der Waals surface area (Å²) in [6.45, 7) is 1.93. The monoisotopic (exact) mass is 201 g/mol. The van der Waals surface area contributed by atoms with Gasteiger partial charge in [0.25, 0.3) is 0 Å². The van der Waals surface area contributed by atoms with Gasteiger partial charge in [0.2, 0.25) is 0 Å². The van der Waals surface area contributed by atoms with Crippen molar-refractivity contribution in [1.82, 2.24) is 15.0 Å². The van der Waals surface area contributed by atoms with Crippen molar-refractivity contribution in [3.05, 3.63) is 36.4 Å². The van der Waals surface area contributed by atoms with Crippen molar-refractivity contribution in [2.75, 3.05) is 11.1 Å². The van der Waals surface area contributed by atoms with Gasteiger partial charge in [0.15, 0.2) is 11.6 Å². The number of nitrogens with zero attached hydrogens (tertiary/aromatic N) is 3. The first-order chi connectivity index (χ1) is 7.25. The molecule has 2 heterocycles. The first-order valence-electron chi connectivity index (χ1n) is 4.52. The average molecular weight is 201 g/mol. The number of aromatic nitrogens is 3. The highest BCUT2D eigenvalue weighted by atomic mass is 15.1. The predicted octanol–water partition coefficient (Wildman–Crippen LogP) is 1.51. The Bertz CT molecular complexity index is 452. The maximum absolute atomic E-state index is 5.64. The zero-order valence-corrected chi connectivity index (χ0v) is 8.31. The van der Waals surface area contributed by atoms with E-state index in [1.54, 1.807) is 18.6 Å². The molecule has 5 heteroatoms. The fourth-order valence-corrected chi connectivity index (χ4v) is 1.12. The van der Waals surface area contributed by atoms with Crippen LogP contribution in [0.2, 0.25) is 0 Å². The van der Waals surface area contributed by atoms with Gasteiger partial charge >= 0.3 is 0 Å². The fraction of sp³-hybridized carbons (Fsp3) is 0.100. The molecule has 0 saturated carbocycles. The molecule has 0 bridgehead atoms. The van der Waals surface area contributed by atoms with Gasteiger partial charge in [-0.3, -0.25) is 4.98 Å². The van der Waals surface area contributed by atoms with Crippen LogP contribution in [-0.4, -0.2) is 15.0 Å². The van der Waals surface area contributed by atoms with E-state index in [-0.39, 0.29) is 0 Å². The molecule has 0 aliphatic heterocycles. The number of pyridine rings is 1. The highest BCUT2D eigenvalue weighted by molar-refractivity contribution is 5.64. The topological polar surface area (TPSA) is 76.7 Å². The predicted molar refractivity (Wildman–Crippen MR) is 58.7 cm³/mol. The van der Waals surface area contributed by atoms with Gasteiger partial charge in [-0.25, -0.2) is 9.97 Å². The smallest absolute Gasteiger partial charge is 0.173 e. The normalized spacial score (nSPS) is 9.93. The van der Waals surface area contributed by atoms with E-state index in [1.807, 2.05) is 19.1 Å². The summed E-state index contributed by atoms with van der Waals surface area (Å²) in [4.78, 5) is 12.1. The van der Waals surface area contributed by atoms with Crippen molar-refractivity contribution in [1.29, 1.82) is 0 Å². The Kier molecular flexibility index (Phi) is 2.45. The van der Waals surface area contributed by atoms with Crippen LogP contribution in [0.5, 0.6) is 0 Å². The number of hydrogen-bond acceptors (Lipinski definition) is 5. The minimum atomic E-state index is 0.373. The largest absolute Gasteiger partial charge is 0.381 e. The number of nitrogen functional groups attached to an aromatic ring is 1. The lowest BCUT2D eigenvalue weighted by molar-refractivity contribution is 1.18. The molecule has 3 N–H and O–H groups in total. The summed E-state index contributed by atoms with van der Waals surface area (Å²) >= 11 is 0. The molecular formula is C10H11N5. The van der Waals surface area contributed by atoms with E-state index < -0.39 is 0 Å². The molecule has 0 amide bonds. The molecule has 0 aliphatic rings. The summed E-state index contributed by atoms with van der Waals surface area (Å²) in [6.07, 6.45) is 4.86. The van der Waals surface area contributed by atoms with Crippen LogP contribution in [0.15, 0.2) is 30.7 Å². The first-order valence-corrected chi connectivity index (χ1v) is 4.52. The van der Waals surface area contributed by atoms with E-state index in [0.29, 0.717) is 11.6 Å². The van der Waals surface area contributed by atoms with Gasteiger partial charge in [0.05, 0.1) is 11.9 Å². The van der Waals surface area contributed by atoms with Crippen molar-refractivity contribution < 1.29 is 0 Å². The molecule has 0 unspecified atom stereocenters. The molecule has 5 nitrogen and oxygen atoms in total. The molecule has 0 atom stereocenters. The third-order valence-corrected chi connectivity index (χ3v) is 1.90. The Morgan fingerprint density at radius 2 is 1.93 bits per heavy atom. The zero-order valence-electron chi connectivity index (χ0n) is 8.31. The summed E-state index contributed by atoms with van der Waals surface area (Å²) < 4.78 is 0. The van der Waals surface area contributed by atoms with Crippen LogP contribution in [0, 0.1) is 6.92 Å². The van der Waals surface area contributed by atoms with Gasteiger partial charge in [-0.2, -0.15) is 0 Å². The second-order valence-electron chi connectivity index (χ2n) is 3.10. The number of rotatable bonds is 2. The van der Waals surface area contributed by atoms with Crippen LogP contribution in [-0.2, 0) is 0 Å². The quantitative estimate of drug-likeness (QED) is 0.770. The fourth-order valence-electron chi connectivity index (χ4n) is 1.12. The maximum atomic E-state index is 5.64. The zero-order chi connectivity index (χ0) is 10.7. The third-order valence-electron chi connectivity index (χ3n) is 1.90. The highest BCUT2D eigenvalue weighted by Crippen LogP contribution is 2.16. The van der Waals surface area contributed by atoms with Gasteiger partial charge in [-0.1, -0.05) is 0 Å². The summed E-state index contributed by atoms with van der Waals surface area (Å²) in [5, 5.41) is 3.04. The van der Waals surface area contributed by atoms with Crippen molar-refractivity contribution in [3.63, 3.8) is 0 Å².